The Morgan fingerprint density at radius 1 is 0.634 bits per heavy atom. The van der Waals surface area contributed by atoms with Gasteiger partial charge in [-0.1, -0.05) is 102 Å². The molecular weight excluding hydrogens is 571 g/mol. The van der Waals surface area contributed by atoms with Gasteiger partial charge in [0.1, 0.15) is 5.75 Å². The molecule has 0 atom stereocenters. The van der Waals surface area contributed by atoms with Crippen LogP contribution in [0.2, 0.25) is 10.0 Å². The second kappa shape index (κ2) is 13.6. The van der Waals surface area contributed by atoms with E-state index in [2.05, 4.69) is 54.6 Å². The Morgan fingerprint density at radius 3 is 1.46 bits per heavy atom. The van der Waals surface area contributed by atoms with Gasteiger partial charge < -0.3 is 9.84 Å². The molecule has 0 aliphatic carbocycles. The molecule has 3 nitrogen and oxygen atoms in total. The third-order valence-electron chi connectivity index (χ3n) is 6.47. The van der Waals surface area contributed by atoms with E-state index >= 15 is 0 Å². The lowest BCUT2D eigenvalue weighted by Gasteiger charge is -2.12. The Hall–Kier alpha value is -3.96. The predicted molar refractivity (Wildman–Crippen MR) is 171 cm³/mol. The first kappa shape index (κ1) is 28.6. The molecule has 0 unspecified atom stereocenters. The smallest absolute Gasteiger partial charge is 0.341 e. The summed E-state index contributed by atoms with van der Waals surface area (Å²) in [4.78, 5) is 11.8. The fourth-order valence-electron chi connectivity index (χ4n) is 4.37. The average Bonchev–Trinajstić information content (AvgIpc) is 3.00. The highest BCUT2D eigenvalue weighted by atomic mass is 35.5. The number of ether oxygens (including phenoxy) is 1. The second-order valence-electron chi connectivity index (χ2n) is 9.25. The molecule has 0 aliphatic heterocycles. The maximum atomic E-state index is 10.7. The van der Waals surface area contributed by atoms with Crippen LogP contribution in [0.1, 0.15) is 11.1 Å². The van der Waals surface area contributed by atoms with Crippen molar-refractivity contribution in [2.45, 2.75) is 4.90 Å². The van der Waals surface area contributed by atoms with Gasteiger partial charge in [-0.2, -0.15) is 0 Å². The van der Waals surface area contributed by atoms with Crippen LogP contribution in [0.15, 0.2) is 132 Å². The molecule has 0 fully saturated rings. The number of thioether (sulfide) groups is 1. The number of hydrogen-bond acceptors (Lipinski definition) is 3. The summed E-state index contributed by atoms with van der Waals surface area (Å²) in [5.41, 5.74) is 7.88. The Balaban J connectivity index is 1.38. The van der Waals surface area contributed by atoms with Crippen molar-refractivity contribution in [1.29, 1.82) is 0 Å². The summed E-state index contributed by atoms with van der Waals surface area (Å²) in [5.74, 6) is 0.292. The Morgan fingerprint density at radius 2 is 1.05 bits per heavy atom. The van der Waals surface area contributed by atoms with Crippen molar-refractivity contribution >= 4 is 46.5 Å². The van der Waals surface area contributed by atoms with Crippen LogP contribution in [0, 0.1) is 0 Å². The lowest BCUT2D eigenvalue weighted by molar-refractivity contribution is -0.139. The van der Waals surface area contributed by atoms with Gasteiger partial charge in [0, 0.05) is 20.7 Å². The Kier molecular flexibility index (Phi) is 9.48. The quantitative estimate of drug-likeness (QED) is 0.163. The zero-order chi connectivity index (χ0) is 28.6. The largest absolute Gasteiger partial charge is 0.482 e. The summed E-state index contributed by atoms with van der Waals surface area (Å²) in [7, 11) is 0. The lowest BCUT2D eigenvalue weighted by atomic mass is 9.94. The van der Waals surface area contributed by atoms with Crippen LogP contribution in [0.25, 0.3) is 27.8 Å². The van der Waals surface area contributed by atoms with E-state index in [9.17, 15) is 4.79 Å². The summed E-state index contributed by atoms with van der Waals surface area (Å²) in [6.45, 7) is -0.355. The fourth-order valence-corrected chi connectivity index (χ4v) is 5.39. The number of carboxylic acid groups (broad SMARTS) is 1. The Labute approximate surface area is 254 Å². The zero-order valence-corrected chi connectivity index (χ0v) is 24.3. The molecule has 0 saturated heterocycles. The minimum absolute atomic E-state index is 0.355. The van der Waals surface area contributed by atoms with Crippen LogP contribution in [0.5, 0.6) is 5.75 Å². The van der Waals surface area contributed by atoms with Crippen molar-refractivity contribution in [3.05, 3.63) is 149 Å². The highest BCUT2D eigenvalue weighted by Crippen LogP contribution is 2.31. The molecule has 5 aromatic carbocycles. The van der Waals surface area contributed by atoms with Gasteiger partial charge >= 0.3 is 5.97 Å². The first-order valence-corrected chi connectivity index (χ1v) is 14.7. The van der Waals surface area contributed by atoms with Crippen molar-refractivity contribution in [2.24, 2.45) is 0 Å². The van der Waals surface area contributed by atoms with E-state index in [-0.39, 0.29) is 6.61 Å². The third-order valence-corrected chi connectivity index (χ3v) is 7.91. The van der Waals surface area contributed by atoms with E-state index in [1.165, 1.54) is 0 Å². The molecule has 1 N–H and O–H groups in total. The number of carboxylic acids is 1. The SMILES string of the molecule is O=C(O)COc1ccc(SCC=C(c2ccc(-c3ccc(Cl)cc3)cc2)c2ccc(-c3ccc(Cl)cc3)cc2)cc1. The molecule has 41 heavy (non-hydrogen) atoms. The van der Waals surface area contributed by atoms with Crippen LogP contribution in [-0.4, -0.2) is 23.4 Å². The molecular formula is C35H26Cl2O3S. The number of benzene rings is 5. The maximum Gasteiger partial charge on any atom is 0.341 e. The number of hydrogen-bond donors (Lipinski definition) is 1. The fraction of sp³-hybridized carbons (Fsp3) is 0.0571. The van der Waals surface area contributed by atoms with Gasteiger partial charge in [0.05, 0.1) is 0 Å². The van der Waals surface area contributed by atoms with Crippen molar-refractivity contribution in [2.75, 3.05) is 12.4 Å². The first-order valence-electron chi connectivity index (χ1n) is 12.9. The average molecular weight is 598 g/mol. The molecule has 0 aliphatic rings. The van der Waals surface area contributed by atoms with Crippen molar-refractivity contribution < 1.29 is 14.6 Å². The summed E-state index contributed by atoms with van der Waals surface area (Å²) in [5, 5.41) is 10.2. The van der Waals surface area contributed by atoms with Crippen LogP contribution in [0.3, 0.4) is 0 Å². The monoisotopic (exact) mass is 596 g/mol. The van der Waals surface area contributed by atoms with E-state index in [1.54, 1.807) is 23.9 Å². The number of halogens is 2. The summed E-state index contributed by atoms with van der Waals surface area (Å²) < 4.78 is 5.24. The van der Waals surface area contributed by atoms with Gasteiger partial charge in [-0.3, -0.25) is 0 Å². The van der Waals surface area contributed by atoms with Gasteiger partial charge in [0.25, 0.3) is 0 Å². The zero-order valence-electron chi connectivity index (χ0n) is 22.0. The van der Waals surface area contributed by atoms with E-state index < -0.39 is 5.97 Å². The molecule has 0 aromatic heterocycles. The van der Waals surface area contributed by atoms with E-state index in [1.807, 2.05) is 60.7 Å². The van der Waals surface area contributed by atoms with Gasteiger partial charge in [-0.15, -0.1) is 11.8 Å². The molecule has 0 spiro atoms. The van der Waals surface area contributed by atoms with Crippen molar-refractivity contribution in [1.82, 2.24) is 0 Å². The Bertz CT molecular complexity index is 1540. The highest BCUT2D eigenvalue weighted by molar-refractivity contribution is 7.99. The van der Waals surface area contributed by atoms with Gasteiger partial charge in [-0.05, 0) is 87.5 Å². The molecule has 204 valence electrons. The topological polar surface area (TPSA) is 46.5 Å². The number of rotatable bonds is 10. The molecule has 0 bridgehead atoms. The maximum absolute atomic E-state index is 10.7. The van der Waals surface area contributed by atoms with Crippen molar-refractivity contribution in [3.63, 3.8) is 0 Å². The second-order valence-corrected chi connectivity index (χ2v) is 11.2. The van der Waals surface area contributed by atoms with Gasteiger partial charge in [0.15, 0.2) is 6.61 Å². The standard InChI is InChI=1S/C35H26Cl2O3S/c36-30-13-9-26(10-14-30)24-1-5-28(6-2-24)34(21-22-41-33-19-17-32(18-20-33)40-23-35(38)39)29-7-3-25(4-8-29)27-11-15-31(37)16-12-27/h1-21H,22-23H2,(H,38,39). The normalized spacial score (nSPS) is 10.7. The minimum Gasteiger partial charge on any atom is -0.482 e. The minimum atomic E-state index is -0.997. The summed E-state index contributed by atoms with van der Waals surface area (Å²) >= 11 is 13.8. The van der Waals surface area contributed by atoms with E-state index in [0.717, 1.165) is 59.6 Å². The molecule has 0 saturated carbocycles. The molecule has 5 aromatic rings. The van der Waals surface area contributed by atoms with Crippen LogP contribution >= 0.6 is 35.0 Å². The summed E-state index contributed by atoms with van der Waals surface area (Å²) in [6.07, 6.45) is 2.24. The highest BCUT2D eigenvalue weighted by Gasteiger charge is 2.08. The third kappa shape index (κ3) is 7.83. The molecule has 0 radical (unpaired) electrons. The van der Waals surface area contributed by atoms with E-state index in [4.69, 9.17) is 33.0 Å². The van der Waals surface area contributed by atoms with Gasteiger partial charge in [-0.25, -0.2) is 4.79 Å². The molecule has 5 rings (SSSR count). The van der Waals surface area contributed by atoms with Crippen molar-refractivity contribution in [3.8, 4) is 28.0 Å². The number of aliphatic carboxylic acids is 1. The van der Waals surface area contributed by atoms with Gasteiger partial charge in [0.2, 0.25) is 0 Å². The predicted octanol–water partition coefficient (Wildman–Crippen LogP) is 10.0. The molecule has 0 amide bonds. The molecule has 0 heterocycles. The summed E-state index contributed by atoms with van der Waals surface area (Å²) in [6, 6.07) is 40.4. The first-order chi connectivity index (χ1) is 19.9. The number of carbonyl (C=O) groups is 1. The van der Waals surface area contributed by atoms with E-state index in [0.29, 0.717) is 5.75 Å². The van der Waals surface area contributed by atoms with Crippen LogP contribution < -0.4 is 4.74 Å². The van der Waals surface area contributed by atoms with Crippen LogP contribution in [0.4, 0.5) is 0 Å². The molecule has 6 heteroatoms. The lowest BCUT2D eigenvalue weighted by Crippen LogP contribution is -2.09. The van der Waals surface area contributed by atoms with Crippen LogP contribution in [-0.2, 0) is 4.79 Å².